The number of aromatic nitrogens is 2. The van der Waals surface area contributed by atoms with Crippen LogP contribution in [-0.4, -0.2) is 9.55 Å². The van der Waals surface area contributed by atoms with Gasteiger partial charge in [-0.05, 0) is 49.3 Å². The Balaban J connectivity index is 2.13. The molecule has 0 amide bonds. The van der Waals surface area contributed by atoms with E-state index in [9.17, 15) is 0 Å². The second-order valence-electron chi connectivity index (χ2n) is 6.58. The van der Waals surface area contributed by atoms with E-state index < -0.39 is 0 Å². The fourth-order valence-corrected chi connectivity index (χ4v) is 3.56. The number of halogens is 1. The van der Waals surface area contributed by atoms with Crippen LogP contribution in [0.3, 0.4) is 0 Å². The fourth-order valence-electron chi connectivity index (χ4n) is 3.37. The Bertz CT molecular complexity index is 612. The number of hydrogen-bond acceptors (Lipinski definition) is 1. The molecule has 1 fully saturated rings. The standard InChI is InChI=1S/C16H21ClN2/c1-11-4-5-13-14(8-11)19(15(10-17)18-13)12-6-7-16(2,3)9-12/h4-5,8,12H,6-7,9-10H2,1-3H3. The van der Waals surface area contributed by atoms with Crippen molar-refractivity contribution in [2.45, 2.75) is 52.0 Å². The first kappa shape index (κ1) is 13.0. The monoisotopic (exact) mass is 276 g/mol. The molecule has 1 saturated carbocycles. The molecule has 1 aliphatic rings. The van der Waals surface area contributed by atoms with Crippen molar-refractivity contribution in [1.82, 2.24) is 9.55 Å². The van der Waals surface area contributed by atoms with Crippen LogP contribution in [0, 0.1) is 12.3 Å². The van der Waals surface area contributed by atoms with E-state index in [1.54, 1.807) is 0 Å². The number of hydrogen-bond donors (Lipinski definition) is 0. The molecule has 1 aromatic heterocycles. The van der Waals surface area contributed by atoms with Gasteiger partial charge in [0, 0.05) is 6.04 Å². The lowest BCUT2D eigenvalue weighted by Gasteiger charge is -2.20. The van der Waals surface area contributed by atoms with E-state index in [1.165, 1.54) is 30.3 Å². The lowest BCUT2D eigenvalue weighted by molar-refractivity contribution is 0.359. The molecular weight excluding hydrogens is 256 g/mol. The second-order valence-corrected chi connectivity index (χ2v) is 6.85. The zero-order valence-corrected chi connectivity index (χ0v) is 12.7. The molecule has 0 radical (unpaired) electrons. The Morgan fingerprint density at radius 1 is 1.42 bits per heavy atom. The molecule has 3 rings (SSSR count). The predicted octanol–water partition coefficient (Wildman–Crippen LogP) is 4.83. The van der Waals surface area contributed by atoms with Crippen molar-refractivity contribution < 1.29 is 0 Å². The smallest absolute Gasteiger partial charge is 0.125 e. The first-order valence-electron chi connectivity index (χ1n) is 7.04. The zero-order chi connectivity index (χ0) is 13.6. The molecule has 0 bridgehead atoms. The molecular formula is C16H21ClN2. The van der Waals surface area contributed by atoms with Crippen LogP contribution in [0.25, 0.3) is 11.0 Å². The Morgan fingerprint density at radius 2 is 2.21 bits per heavy atom. The number of benzene rings is 1. The maximum Gasteiger partial charge on any atom is 0.125 e. The predicted molar refractivity (Wildman–Crippen MR) is 80.7 cm³/mol. The van der Waals surface area contributed by atoms with Crippen molar-refractivity contribution >= 4 is 22.6 Å². The van der Waals surface area contributed by atoms with Gasteiger partial charge < -0.3 is 4.57 Å². The van der Waals surface area contributed by atoms with Crippen molar-refractivity contribution in [2.75, 3.05) is 0 Å². The highest BCUT2D eigenvalue weighted by molar-refractivity contribution is 6.16. The molecule has 19 heavy (non-hydrogen) atoms. The van der Waals surface area contributed by atoms with Crippen molar-refractivity contribution in [2.24, 2.45) is 5.41 Å². The minimum atomic E-state index is 0.439. The normalized spacial score (nSPS) is 22.2. The van der Waals surface area contributed by atoms with Gasteiger partial charge in [-0.1, -0.05) is 19.9 Å². The Kier molecular flexibility index (Phi) is 3.09. The Labute approximate surface area is 119 Å². The minimum Gasteiger partial charge on any atom is -0.324 e. The van der Waals surface area contributed by atoms with Crippen molar-refractivity contribution in [1.29, 1.82) is 0 Å². The molecule has 3 heteroatoms. The van der Waals surface area contributed by atoms with Crippen LogP contribution in [-0.2, 0) is 5.88 Å². The molecule has 0 spiro atoms. The molecule has 1 heterocycles. The highest BCUT2D eigenvalue weighted by Gasteiger charge is 2.33. The molecule has 2 nitrogen and oxygen atoms in total. The summed E-state index contributed by atoms with van der Waals surface area (Å²) >= 11 is 6.11. The maximum atomic E-state index is 6.11. The van der Waals surface area contributed by atoms with Gasteiger partial charge in [0.2, 0.25) is 0 Å². The second kappa shape index (κ2) is 4.52. The molecule has 1 atom stereocenters. The molecule has 1 aliphatic carbocycles. The summed E-state index contributed by atoms with van der Waals surface area (Å²) in [7, 11) is 0. The fraction of sp³-hybridized carbons (Fsp3) is 0.562. The van der Waals surface area contributed by atoms with E-state index in [2.05, 4.69) is 43.5 Å². The van der Waals surface area contributed by atoms with Crippen LogP contribution >= 0.6 is 11.6 Å². The van der Waals surface area contributed by atoms with Gasteiger partial charge >= 0.3 is 0 Å². The average molecular weight is 277 g/mol. The third kappa shape index (κ3) is 2.27. The van der Waals surface area contributed by atoms with Crippen LogP contribution in [0.15, 0.2) is 18.2 Å². The quantitative estimate of drug-likeness (QED) is 0.718. The average Bonchev–Trinajstić information content (AvgIpc) is 2.88. The van der Waals surface area contributed by atoms with Gasteiger partial charge in [0.15, 0.2) is 0 Å². The van der Waals surface area contributed by atoms with Gasteiger partial charge in [-0.2, -0.15) is 0 Å². The largest absolute Gasteiger partial charge is 0.324 e. The van der Waals surface area contributed by atoms with E-state index >= 15 is 0 Å². The molecule has 0 N–H and O–H groups in total. The van der Waals surface area contributed by atoms with Gasteiger partial charge in [-0.25, -0.2) is 4.98 Å². The molecule has 1 unspecified atom stereocenters. The van der Waals surface area contributed by atoms with Gasteiger partial charge in [0.1, 0.15) is 5.82 Å². The van der Waals surface area contributed by atoms with E-state index in [-0.39, 0.29) is 0 Å². The highest BCUT2D eigenvalue weighted by atomic mass is 35.5. The number of nitrogens with zero attached hydrogens (tertiary/aromatic N) is 2. The summed E-state index contributed by atoms with van der Waals surface area (Å²) in [4.78, 5) is 4.70. The minimum absolute atomic E-state index is 0.439. The lowest BCUT2D eigenvalue weighted by Crippen LogP contribution is -2.11. The van der Waals surface area contributed by atoms with Crippen molar-refractivity contribution in [3.63, 3.8) is 0 Å². The van der Waals surface area contributed by atoms with E-state index in [4.69, 9.17) is 16.6 Å². The molecule has 0 aliphatic heterocycles. The van der Waals surface area contributed by atoms with Crippen LogP contribution in [0.1, 0.15) is 50.5 Å². The third-order valence-corrected chi connectivity index (χ3v) is 4.58. The Hall–Kier alpha value is -1.02. The summed E-state index contributed by atoms with van der Waals surface area (Å²) in [6.45, 7) is 6.85. The van der Waals surface area contributed by atoms with Gasteiger partial charge in [0.05, 0.1) is 16.9 Å². The third-order valence-electron chi connectivity index (χ3n) is 4.35. The van der Waals surface area contributed by atoms with Gasteiger partial charge in [0.25, 0.3) is 0 Å². The number of alkyl halides is 1. The molecule has 0 saturated heterocycles. The van der Waals surface area contributed by atoms with Crippen LogP contribution in [0.4, 0.5) is 0 Å². The number of fused-ring (bicyclic) bond motifs is 1. The first-order valence-corrected chi connectivity index (χ1v) is 7.57. The van der Waals surface area contributed by atoms with Crippen molar-refractivity contribution in [3.8, 4) is 0 Å². The van der Waals surface area contributed by atoms with E-state index in [0.717, 1.165) is 11.3 Å². The number of rotatable bonds is 2. The summed E-state index contributed by atoms with van der Waals surface area (Å²) in [5.41, 5.74) is 4.05. The SMILES string of the molecule is Cc1ccc2nc(CCl)n(C3CCC(C)(C)C3)c2c1. The summed E-state index contributed by atoms with van der Waals surface area (Å²) in [6.07, 6.45) is 3.73. The number of imidazole rings is 1. The summed E-state index contributed by atoms with van der Waals surface area (Å²) in [5, 5.41) is 0. The molecule has 102 valence electrons. The summed E-state index contributed by atoms with van der Waals surface area (Å²) < 4.78 is 2.39. The van der Waals surface area contributed by atoms with E-state index in [1.807, 2.05) is 0 Å². The van der Waals surface area contributed by atoms with Gasteiger partial charge in [-0.15, -0.1) is 11.6 Å². The maximum absolute atomic E-state index is 6.11. The zero-order valence-electron chi connectivity index (χ0n) is 11.9. The van der Waals surface area contributed by atoms with Crippen LogP contribution in [0.2, 0.25) is 0 Å². The lowest BCUT2D eigenvalue weighted by atomic mass is 9.92. The highest BCUT2D eigenvalue weighted by Crippen LogP contribution is 2.45. The Morgan fingerprint density at radius 3 is 2.84 bits per heavy atom. The van der Waals surface area contributed by atoms with Crippen LogP contribution in [0.5, 0.6) is 0 Å². The summed E-state index contributed by atoms with van der Waals surface area (Å²) in [5.74, 6) is 1.51. The van der Waals surface area contributed by atoms with Gasteiger partial charge in [-0.3, -0.25) is 0 Å². The van der Waals surface area contributed by atoms with Crippen LogP contribution < -0.4 is 0 Å². The molecule has 2 aromatic rings. The molecule has 1 aromatic carbocycles. The number of aryl methyl sites for hydroxylation is 1. The topological polar surface area (TPSA) is 17.8 Å². The summed E-state index contributed by atoms with van der Waals surface area (Å²) in [6, 6.07) is 7.02. The first-order chi connectivity index (χ1) is 9.00. The van der Waals surface area contributed by atoms with Crippen molar-refractivity contribution in [3.05, 3.63) is 29.6 Å². The van der Waals surface area contributed by atoms with E-state index in [0.29, 0.717) is 17.3 Å².